The van der Waals surface area contributed by atoms with Gasteiger partial charge in [0.05, 0.1) is 0 Å². The minimum Gasteiger partial charge on any atom is -0.384 e. The van der Waals surface area contributed by atoms with Crippen molar-refractivity contribution in [2.75, 3.05) is 31.0 Å². The van der Waals surface area contributed by atoms with Crippen LogP contribution in [-0.4, -0.2) is 35.1 Å². The molecule has 1 aromatic heterocycles. The third-order valence-corrected chi connectivity index (χ3v) is 3.01. The third kappa shape index (κ3) is 4.24. The number of nitrogens with zero attached hydrogens (tertiary/aromatic N) is 2. The molecule has 0 saturated carbocycles. The van der Waals surface area contributed by atoms with Gasteiger partial charge < -0.3 is 15.8 Å². The van der Waals surface area contributed by atoms with Gasteiger partial charge in [-0.25, -0.2) is 9.97 Å². The Hall–Kier alpha value is -1.01. The van der Waals surface area contributed by atoms with E-state index in [1.165, 1.54) is 0 Å². The van der Waals surface area contributed by atoms with Crippen LogP contribution in [0, 0.1) is 0 Å². The normalized spacial score (nSPS) is 12.4. The molecule has 0 aliphatic rings. The smallest absolute Gasteiger partial charge is 0.158 e. The molecule has 0 spiro atoms. The Morgan fingerprint density at radius 3 is 2.94 bits per heavy atom. The Balaban J connectivity index is 2.64. The number of aromatic nitrogens is 2. The zero-order valence-electron chi connectivity index (χ0n) is 9.86. The molecule has 0 aromatic carbocycles. The van der Waals surface area contributed by atoms with Crippen LogP contribution >= 0.6 is 11.8 Å². The summed E-state index contributed by atoms with van der Waals surface area (Å²) in [7, 11) is 1.61. The highest BCUT2D eigenvalue weighted by atomic mass is 32.2. The summed E-state index contributed by atoms with van der Waals surface area (Å²) in [5, 5.41) is 3.76. The van der Waals surface area contributed by atoms with E-state index in [0.717, 1.165) is 12.4 Å². The predicted molar refractivity (Wildman–Crippen MR) is 68.6 cm³/mol. The van der Waals surface area contributed by atoms with Crippen molar-refractivity contribution in [1.29, 1.82) is 0 Å². The molecule has 5 nitrogen and oxygen atoms in total. The molecule has 0 aliphatic heterocycles. The third-order valence-electron chi connectivity index (χ3n) is 2.04. The number of ether oxygens (including phenoxy) is 1. The average Bonchev–Trinajstić information content (AvgIpc) is 2.25. The molecule has 0 bridgehead atoms. The molecule has 1 unspecified atom stereocenters. The summed E-state index contributed by atoms with van der Waals surface area (Å²) in [4.78, 5) is 8.36. The zero-order valence-corrected chi connectivity index (χ0v) is 10.7. The second kappa shape index (κ2) is 6.55. The summed E-state index contributed by atoms with van der Waals surface area (Å²) in [6.07, 6.45) is 2.08. The summed E-state index contributed by atoms with van der Waals surface area (Å²) in [5.41, 5.74) is 5.68. The summed E-state index contributed by atoms with van der Waals surface area (Å²) in [5.74, 6) is 1.81. The highest BCUT2D eigenvalue weighted by Crippen LogP contribution is 2.11. The van der Waals surface area contributed by atoms with Crippen LogP contribution < -0.4 is 11.1 Å². The summed E-state index contributed by atoms with van der Waals surface area (Å²) in [6, 6.07) is 1.73. The van der Waals surface area contributed by atoms with Crippen LogP contribution in [0.1, 0.15) is 12.7 Å². The number of anilines is 2. The monoisotopic (exact) mass is 242 g/mol. The van der Waals surface area contributed by atoms with Crippen LogP contribution in [0.15, 0.2) is 6.07 Å². The molecule has 1 atom stereocenters. The molecule has 3 N–H and O–H groups in total. The largest absolute Gasteiger partial charge is 0.384 e. The number of thioether (sulfide) groups is 1. The minimum atomic E-state index is 0.373. The fourth-order valence-corrected chi connectivity index (χ4v) is 1.38. The predicted octanol–water partition coefficient (Wildman–Crippen LogP) is 1.37. The summed E-state index contributed by atoms with van der Waals surface area (Å²) >= 11 is 1.80. The van der Waals surface area contributed by atoms with Gasteiger partial charge in [0.1, 0.15) is 18.2 Å². The van der Waals surface area contributed by atoms with E-state index in [1.807, 2.05) is 0 Å². The molecule has 1 heterocycles. The fourth-order valence-electron chi connectivity index (χ4n) is 1.13. The lowest BCUT2D eigenvalue weighted by Gasteiger charge is -2.11. The second-order valence-corrected chi connectivity index (χ2v) is 4.73. The van der Waals surface area contributed by atoms with Crippen molar-refractivity contribution < 1.29 is 4.74 Å². The highest BCUT2D eigenvalue weighted by molar-refractivity contribution is 7.99. The minimum absolute atomic E-state index is 0.373. The van der Waals surface area contributed by atoms with E-state index in [9.17, 15) is 0 Å². The molecule has 0 amide bonds. The second-order valence-electron chi connectivity index (χ2n) is 3.45. The van der Waals surface area contributed by atoms with Crippen LogP contribution in [0.25, 0.3) is 0 Å². The van der Waals surface area contributed by atoms with E-state index in [0.29, 0.717) is 23.5 Å². The quantitative estimate of drug-likeness (QED) is 0.785. The molecule has 1 rings (SSSR count). The lowest BCUT2D eigenvalue weighted by molar-refractivity contribution is 0.178. The van der Waals surface area contributed by atoms with Crippen molar-refractivity contribution in [2.24, 2.45) is 0 Å². The van der Waals surface area contributed by atoms with Gasteiger partial charge in [-0.3, -0.25) is 0 Å². The van der Waals surface area contributed by atoms with E-state index in [1.54, 1.807) is 24.9 Å². The maximum absolute atomic E-state index is 5.68. The van der Waals surface area contributed by atoms with Gasteiger partial charge in [-0.05, 0) is 6.26 Å². The van der Waals surface area contributed by atoms with Crippen molar-refractivity contribution in [3.8, 4) is 0 Å². The maximum atomic E-state index is 5.68. The standard InChI is InChI=1S/C10H18N4OS/c1-7(16-3)5-12-9-4-8(11)13-10(14-9)6-15-2/h4,7H,5-6H2,1-3H3,(H3,11,12,13,14). The molecular formula is C10H18N4OS. The lowest BCUT2D eigenvalue weighted by Crippen LogP contribution is -2.15. The van der Waals surface area contributed by atoms with Crippen molar-refractivity contribution in [3.05, 3.63) is 11.9 Å². The number of nitrogen functional groups attached to an aromatic ring is 1. The highest BCUT2D eigenvalue weighted by Gasteiger charge is 2.04. The molecule has 90 valence electrons. The van der Waals surface area contributed by atoms with Gasteiger partial charge in [0.25, 0.3) is 0 Å². The zero-order chi connectivity index (χ0) is 12.0. The van der Waals surface area contributed by atoms with Gasteiger partial charge in [-0.15, -0.1) is 0 Å². The number of methoxy groups -OCH3 is 1. The molecule has 0 radical (unpaired) electrons. The van der Waals surface area contributed by atoms with Crippen molar-refractivity contribution in [2.45, 2.75) is 18.8 Å². The van der Waals surface area contributed by atoms with E-state index in [2.05, 4.69) is 28.5 Å². The maximum Gasteiger partial charge on any atom is 0.158 e. The first kappa shape index (κ1) is 13.1. The molecule has 16 heavy (non-hydrogen) atoms. The summed E-state index contributed by atoms with van der Waals surface area (Å²) in [6.45, 7) is 3.38. The van der Waals surface area contributed by atoms with Crippen LogP contribution in [0.3, 0.4) is 0 Å². The first-order valence-corrected chi connectivity index (χ1v) is 6.33. The van der Waals surface area contributed by atoms with E-state index >= 15 is 0 Å². The molecule has 6 heteroatoms. The molecule has 0 saturated heterocycles. The van der Waals surface area contributed by atoms with Gasteiger partial charge in [0.2, 0.25) is 0 Å². The molecule has 1 aromatic rings. The van der Waals surface area contributed by atoms with Crippen molar-refractivity contribution in [3.63, 3.8) is 0 Å². The van der Waals surface area contributed by atoms with Crippen molar-refractivity contribution >= 4 is 23.4 Å². The van der Waals surface area contributed by atoms with Gasteiger partial charge >= 0.3 is 0 Å². The van der Waals surface area contributed by atoms with Gasteiger partial charge in [-0.1, -0.05) is 6.92 Å². The SMILES string of the molecule is COCc1nc(N)cc(NCC(C)SC)n1. The number of nitrogens with one attached hydrogen (secondary N) is 1. The van der Waals surface area contributed by atoms with Gasteiger partial charge in [-0.2, -0.15) is 11.8 Å². The Bertz CT molecular complexity index is 335. The summed E-state index contributed by atoms with van der Waals surface area (Å²) < 4.78 is 4.97. The number of hydrogen-bond donors (Lipinski definition) is 2. The first-order chi connectivity index (χ1) is 7.65. The Morgan fingerprint density at radius 2 is 2.31 bits per heavy atom. The topological polar surface area (TPSA) is 73.1 Å². The average molecular weight is 242 g/mol. The fraction of sp³-hybridized carbons (Fsp3) is 0.600. The van der Waals surface area contributed by atoms with Crippen LogP contribution in [-0.2, 0) is 11.3 Å². The molecule has 0 fully saturated rings. The lowest BCUT2D eigenvalue weighted by atomic mass is 10.4. The van der Waals surface area contributed by atoms with E-state index in [4.69, 9.17) is 10.5 Å². The molecular weight excluding hydrogens is 224 g/mol. The van der Waals surface area contributed by atoms with E-state index < -0.39 is 0 Å². The van der Waals surface area contributed by atoms with Gasteiger partial charge in [0.15, 0.2) is 5.82 Å². The Kier molecular flexibility index (Phi) is 5.34. The van der Waals surface area contributed by atoms with Gasteiger partial charge in [0, 0.05) is 25.0 Å². The first-order valence-electron chi connectivity index (χ1n) is 5.04. The van der Waals surface area contributed by atoms with Crippen LogP contribution in [0.2, 0.25) is 0 Å². The van der Waals surface area contributed by atoms with E-state index in [-0.39, 0.29) is 0 Å². The number of hydrogen-bond acceptors (Lipinski definition) is 6. The number of rotatable bonds is 6. The van der Waals surface area contributed by atoms with Crippen LogP contribution in [0.4, 0.5) is 11.6 Å². The Morgan fingerprint density at radius 1 is 1.56 bits per heavy atom. The van der Waals surface area contributed by atoms with Crippen molar-refractivity contribution in [1.82, 2.24) is 9.97 Å². The Labute approximate surface area is 100 Å². The number of nitrogens with two attached hydrogens (primary N) is 1. The molecule has 0 aliphatic carbocycles. The van der Waals surface area contributed by atoms with Crippen LogP contribution in [0.5, 0.6) is 0 Å².